The van der Waals surface area contributed by atoms with Crippen molar-refractivity contribution in [3.05, 3.63) is 53.5 Å². The van der Waals surface area contributed by atoms with E-state index in [1.54, 1.807) is 12.3 Å². The molecular formula is C21H26N2O3. The zero-order chi connectivity index (χ0) is 18.5. The molecule has 138 valence electrons. The number of nitrogens with one attached hydrogen (secondary N) is 2. The summed E-state index contributed by atoms with van der Waals surface area (Å²) in [5.74, 6) is 0.821. The second kappa shape index (κ2) is 8.21. The maximum atomic E-state index is 12.6. The Bertz CT molecular complexity index is 760. The third kappa shape index (κ3) is 4.34. The molecule has 2 aromatic rings. The maximum Gasteiger partial charge on any atom is 0.227 e. The molecule has 0 atom stereocenters. The lowest BCUT2D eigenvalue weighted by molar-refractivity contribution is -0.128. The first kappa shape index (κ1) is 18.2. The number of rotatable bonds is 5. The van der Waals surface area contributed by atoms with Crippen LogP contribution >= 0.6 is 0 Å². The molecule has 0 radical (unpaired) electrons. The summed E-state index contributed by atoms with van der Waals surface area (Å²) >= 11 is 0. The number of benzene rings is 1. The van der Waals surface area contributed by atoms with E-state index in [1.807, 2.05) is 38.1 Å². The number of anilines is 1. The van der Waals surface area contributed by atoms with E-state index in [-0.39, 0.29) is 23.7 Å². The zero-order valence-corrected chi connectivity index (χ0v) is 15.4. The van der Waals surface area contributed by atoms with Crippen LogP contribution in [0, 0.1) is 25.7 Å². The number of hydrogen-bond donors (Lipinski definition) is 2. The predicted molar refractivity (Wildman–Crippen MR) is 101 cm³/mol. The van der Waals surface area contributed by atoms with Crippen molar-refractivity contribution in [3.8, 4) is 0 Å². The molecule has 0 saturated heterocycles. The average Bonchev–Trinajstić information content (AvgIpc) is 3.17. The van der Waals surface area contributed by atoms with Crippen molar-refractivity contribution in [3.63, 3.8) is 0 Å². The van der Waals surface area contributed by atoms with E-state index >= 15 is 0 Å². The molecule has 1 aromatic carbocycles. The lowest BCUT2D eigenvalue weighted by atomic mass is 9.81. The zero-order valence-electron chi connectivity index (χ0n) is 15.4. The Labute approximate surface area is 154 Å². The van der Waals surface area contributed by atoms with Crippen molar-refractivity contribution in [1.82, 2.24) is 5.32 Å². The van der Waals surface area contributed by atoms with Crippen molar-refractivity contribution in [2.45, 2.75) is 46.1 Å². The number of furan rings is 1. The Hall–Kier alpha value is -2.56. The molecule has 2 amide bonds. The quantitative estimate of drug-likeness (QED) is 0.854. The number of hydrogen-bond acceptors (Lipinski definition) is 3. The van der Waals surface area contributed by atoms with Gasteiger partial charge in [0.2, 0.25) is 11.8 Å². The molecule has 1 aliphatic carbocycles. The van der Waals surface area contributed by atoms with Crippen LogP contribution in [0.4, 0.5) is 5.69 Å². The van der Waals surface area contributed by atoms with Crippen LogP contribution in [-0.4, -0.2) is 11.8 Å². The van der Waals surface area contributed by atoms with Crippen LogP contribution in [0.15, 0.2) is 41.0 Å². The van der Waals surface area contributed by atoms with Gasteiger partial charge in [-0.2, -0.15) is 0 Å². The summed E-state index contributed by atoms with van der Waals surface area (Å²) in [5, 5.41) is 5.98. The molecule has 0 unspecified atom stereocenters. The van der Waals surface area contributed by atoms with Gasteiger partial charge in [0.15, 0.2) is 0 Å². The normalized spacial score (nSPS) is 19.8. The van der Waals surface area contributed by atoms with E-state index in [9.17, 15) is 9.59 Å². The van der Waals surface area contributed by atoms with Crippen LogP contribution in [0.2, 0.25) is 0 Å². The fourth-order valence-electron chi connectivity index (χ4n) is 3.47. The minimum absolute atomic E-state index is 0.0188. The number of amides is 2. The van der Waals surface area contributed by atoms with Gasteiger partial charge in [-0.1, -0.05) is 12.1 Å². The molecule has 1 fully saturated rings. The largest absolute Gasteiger partial charge is 0.467 e. The first-order chi connectivity index (χ1) is 12.5. The van der Waals surface area contributed by atoms with Gasteiger partial charge in [-0.3, -0.25) is 9.59 Å². The second-order valence-corrected chi connectivity index (χ2v) is 7.08. The van der Waals surface area contributed by atoms with E-state index in [1.165, 1.54) is 5.56 Å². The maximum absolute atomic E-state index is 12.6. The molecular weight excluding hydrogens is 328 g/mol. The van der Waals surface area contributed by atoms with E-state index in [0.717, 1.165) is 42.7 Å². The van der Waals surface area contributed by atoms with Crippen LogP contribution < -0.4 is 10.6 Å². The van der Waals surface area contributed by atoms with Crippen LogP contribution in [0.3, 0.4) is 0 Å². The molecule has 26 heavy (non-hydrogen) atoms. The molecule has 0 bridgehead atoms. The Morgan fingerprint density at radius 3 is 2.35 bits per heavy atom. The third-order valence-corrected chi connectivity index (χ3v) is 5.35. The van der Waals surface area contributed by atoms with Gasteiger partial charge >= 0.3 is 0 Å². The lowest BCUT2D eigenvalue weighted by Crippen LogP contribution is -2.35. The number of carbonyl (C=O) groups is 2. The van der Waals surface area contributed by atoms with Gasteiger partial charge < -0.3 is 15.1 Å². The second-order valence-electron chi connectivity index (χ2n) is 7.08. The topological polar surface area (TPSA) is 71.3 Å². The minimum Gasteiger partial charge on any atom is -0.467 e. The molecule has 2 N–H and O–H groups in total. The summed E-state index contributed by atoms with van der Waals surface area (Å²) < 4.78 is 5.23. The Balaban J connectivity index is 1.47. The summed E-state index contributed by atoms with van der Waals surface area (Å²) in [4.78, 5) is 24.9. The first-order valence-corrected chi connectivity index (χ1v) is 9.21. The number of carbonyl (C=O) groups excluding carboxylic acids is 2. The Morgan fingerprint density at radius 1 is 1.00 bits per heavy atom. The SMILES string of the molecule is Cc1cccc(NC(=O)C2CCC(C(=O)NCc3ccco3)CC2)c1C. The highest BCUT2D eigenvalue weighted by molar-refractivity contribution is 5.93. The van der Waals surface area contributed by atoms with Crippen LogP contribution in [0.1, 0.15) is 42.6 Å². The summed E-state index contributed by atoms with van der Waals surface area (Å²) in [5.41, 5.74) is 3.15. The average molecular weight is 354 g/mol. The van der Waals surface area contributed by atoms with Crippen LogP contribution in [0.5, 0.6) is 0 Å². The standard InChI is InChI=1S/C21H26N2O3/c1-14-5-3-7-19(15(14)2)23-21(25)17-10-8-16(9-11-17)20(24)22-13-18-6-4-12-26-18/h3-7,12,16-17H,8-11,13H2,1-2H3,(H,22,24)(H,23,25). The van der Waals surface area contributed by atoms with Gasteiger partial charge in [0, 0.05) is 17.5 Å². The van der Waals surface area contributed by atoms with Crippen molar-refractivity contribution >= 4 is 17.5 Å². The summed E-state index contributed by atoms with van der Waals surface area (Å²) in [6.07, 6.45) is 4.58. The molecule has 0 spiro atoms. The summed E-state index contributed by atoms with van der Waals surface area (Å²) in [7, 11) is 0. The fraction of sp³-hybridized carbons (Fsp3) is 0.429. The predicted octanol–water partition coefficient (Wildman–Crippen LogP) is 3.96. The highest BCUT2D eigenvalue weighted by atomic mass is 16.3. The minimum atomic E-state index is -0.0240. The van der Waals surface area contributed by atoms with E-state index in [2.05, 4.69) is 10.6 Å². The molecule has 5 heteroatoms. The highest BCUT2D eigenvalue weighted by Crippen LogP contribution is 2.30. The van der Waals surface area contributed by atoms with Crippen molar-refractivity contribution < 1.29 is 14.0 Å². The molecule has 5 nitrogen and oxygen atoms in total. The molecule has 3 rings (SSSR count). The van der Waals surface area contributed by atoms with Crippen molar-refractivity contribution in [1.29, 1.82) is 0 Å². The fourth-order valence-corrected chi connectivity index (χ4v) is 3.47. The highest BCUT2D eigenvalue weighted by Gasteiger charge is 2.30. The summed E-state index contributed by atoms with van der Waals surface area (Å²) in [6, 6.07) is 9.58. The lowest BCUT2D eigenvalue weighted by Gasteiger charge is -2.27. The van der Waals surface area contributed by atoms with E-state index < -0.39 is 0 Å². The molecule has 1 aromatic heterocycles. The van der Waals surface area contributed by atoms with Gasteiger partial charge in [0.1, 0.15) is 5.76 Å². The summed E-state index contributed by atoms with van der Waals surface area (Å²) in [6.45, 7) is 4.47. The van der Waals surface area contributed by atoms with Gasteiger partial charge in [0.05, 0.1) is 12.8 Å². The van der Waals surface area contributed by atoms with Gasteiger partial charge in [-0.15, -0.1) is 0 Å². The van der Waals surface area contributed by atoms with Gasteiger partial charge in [-0.05, 0) is 68.9 Å². The Morgan fingerprint density at radius 2 is 1.69 bits per heavy atom. The van der Waals surface area contributed by atoms with Gasteiger partial charge in [0.25, 0.3) is 0 Å². The first-order valence-electron chi connectivity index (χ1n) is 9.21. The number of aryl methyl sites for hydroxylation is 1. The third-order valence-electron chi connectivity index (χ3n) is 5.35. The molecule has 1 aliphatic rings. The van der Waals surface area contributed by atoms with Crippen molar-refractivity contribution in [2.75, 3.05) is 5.32 Å². The van der Waals surface area contributed by atoms with Gasteiger partial charge in [-0.25, -0.2) is 0 Å². The van der Waals surface area contributed by atoms with Crippen molar-refractivity contribution in [2.24, 2.45) is 11.8 Å². The Kier molecular flexibility index (Phi) is 5.76. The van der Waals surface area contributed by atoms with E-state index in [0.29, 0.717) is 6.54 Å². The van der Waals surface area contributed by atoms with Crippen LogP contribution in [0.25, 0.3) is 0 Å². The van der Waals surface area contributed by atoms with E-state index in [4.69, 9.17) is 4.42 Å². The smallest absolute Gasteiger partial charge is 0.227 e. The molecule has 1 heterocycles. The molecule has 1 saturated carbocycles. The monoisotopic (exact) mass is 354 g/mol. The van der Waals surface area contributed by atoms with Crippen LogP contribution in [-0.2, 0) is 16.1 Å². The molecule has 0 aliphatic heterocycles.